The van der Waals surface area contributed by atoms with Crippen molar-refractivity contribution in [3.8, 4) is 0 Å². The highest BCUT2D eigenvalue weighted by Gasteiger charge is 2.22. The molecule has 28 heavy (non-hydrogen) atoms. The van der Waals surface area contributed by atoms with Gasteiger partial charge in [0.05, 0.1) is 6.42 Å². The molecule has 1 aliphatic rings. The molecular formula is C23H23N3O2. The Balaban J connectivity index is 1.45. The van der Waals surface area contributed by atoms with Crippen LogP contribution < -0.4 is 5.73 Å². The maximum atomic E-state index is 12.8. The predicted octanol–water partition coefficient (Wildman–Crippen LogP) is 2.78. The van der Waals surface area contributed by atoms with Crippen molar-refractivity contribution >= 4 is 22.6 Å². The lowest BCUT2D eigenvalue weighted by Crippen LogP contribution is -2.36. The molecule has 0 bridgehead atoms. The van der Waals surface area contributed by atoms with E-state index in [4.69, 9.17) is 5.73 Å². The maximum absolute atomic E-state index is 12.8. The van der Waals surface area contributed by atoms with Crippen LogP contribution in [0.4, 0.5) is 0 Å². The third-order valence-corrected chi connectivity index (χ3v) is 5.46. The van der Waals surface area contributed by atoms with E-state index in [2.05, 4.69) is 11.1 Å². The van der Waals surface area contributed by atoms with Gasteiger partial charge in [-0.2, -0.15) is 0 Å². The molecule has 2 amide bonds. The number of carbonyl (C=O) groups is 2. The number of rotatable bonds is 5. The first-order chi connectivity index (χ1) is 13.6. The van der Waals surface area contributed by atoms with Crippen molar-refractivity contribution in [2.24, 2.45) is 5.73 Å². The number of hydrogen-bond donors (Lipinski definition) is 1. The Labute approximate surface area is 164 Å². The summed E-state index contributed by atoms with van der Waals surface area (Å²) in [5.41, 5.74) is 9.82. The molecule has 0 aliphatic carbocycles. The molecule has 0 saturated heterocycles. The van der Waals surface area contributed by atoms with Crippen LogP contribution in [0.3, 0.4) is 0 Å². The fourth-order valence-corrected chi connectivity index (χ4v) is 4.06. The second-order valence-electron chi connectivity index (χ2n) is 7.28. The number of hydrogen-bond acceptors (Lipinski definition) is 3. The summed E-state index contributed by atoms with van der Waals surface area (Å²) in [5, 5.41) is 2.26. The van der Waals surface area contributed by atoms with E-state index in [1.165, 1.54) is 11.1 Å². The fraction of sp³-hybridized carbons (Fsp3) is 0.261. The summed E-state index contributed by atoms with van der Waals surface area (Å²) in [7, 11) is 0. The molecule has 5 nitrogen and oxygen atoms in total. The van der Waals surface area contributed by atoms with Crippen LogP contribution in [-0.4, -0.2) is 28.2 Å². The quantitative estimate of drug-likeness (QED) is 0.747. The van der Waals surface area contributed by atoms with Crippen LogP contribution in [-0.2, 0) is 35.4 Å². The normalized spacial score (nSPS) is 13.4. The van der Waals surface area contributed by atoms with E-state index < -0.39 is 0 Å². The molecule has 2 aromatic carbocycles. The van der Waals surface area contributed by atoms with Crippen molar-refractivity contribution in [1.29, 1.82) is 0 Å². The molecular weight excluding hydrogens is 350 g/mol. The molecule has 2 N–H and O–H groups in total. The number of primary amides is 1. The molecule has 0 radical (unpaired) electrons. The molecule has 0 fully saturated rings. The first-order valence-electron chi connectivity index (χ1n) is 9.59. The van der Waals surface area contributed by atoms with E-state index in [0.29, 0.717) is 25.9 Å². The van der Waals surface area contributed by atoms with Crippen LogP contribution in [0.15, 0.2) is 54.9 Å². The Hall–Kier alpha value is -3.21. The zero-order valence-electron chi connectivity index (χ0n) is 15.7. The number of nitrogens with two attached hydrogens (primary N) is 1. The average Bonchev–Trinajstić information content (AvgIpc) is 2.71. The number of aromatic nitrogens is 1. The van der Waals surface area contributed by atoms with Crippen LogP contribution in [0.2, 0.25) is 0 Å². The summed E-state index contributed by atoms with van der Waals surface area (Å²) >= 11 is 0. The number of carbonyl (C=O) groups excluding carboxylic acids is 2. The van der Waals surface area contributed by atoms with Crippen molar-refractivity contribution in [2.75, 3.05) is 6.54 Å². The summed E-state index contributed by atoms with van der Waals surface area (Å²) in [4.78, 5) is 30.2. The Morgan fingerprint density at radius 1 is 1.07 bits per heavy atom. The van der Waals surface area contributed by atoms with Gasteiger partial charge in [-0.15, -0.1) is 0 Å². The van der Waals surface area contributed by atoms with Gasteiger partial charge in [0.1, 0.15) is 0 Å². The molecule has 0 spiro atoms. The summed E-state index contributed by atoms with van der Waals surface area (Å²) < 4.78 is 0. The van der Waals surface area contributed by atoms with Gasteiger partial charge in [-0.3, -0.25) is 14.6 Å². The lowest BCUT2D eigenvalue weighted by atomic mass is 9.92. The standard InChI is InChI=1S/C23H23N3O2/c24-22(27)13-17-4-2-6-19-15-26(12-10-21(17)19)23(28)8-7-16-3-1-5-18-14-25-11-9-20(16)18/h1-6,9,11,14H,7-8,10,12-13,15H2,(H2,24,27). The highest BCUT2D eigenvalue weighted by Crippen LogP contribution is 2.24. The molecule has 0 saturated carbocycles. The fourth-order valence-electron chi connectivity index (χ4n) is 4.06. The number of pyridine rings is 1. The topological polar surface area (TPSA) is 76.3 Å². The van der Waals surface area contributed by atoms with Crippen LogP contribution in [0.5, 0.6) is 0 Å². The first-order valence-corrected chi connectivity index (χ1v) is 9.59. The van der Waals surface area contributed by atoms with Gasteiger partial charge in [-0.25, -0.2) is 0 Å². The lowest BCUT2D eigenvalue weighted by molar-refractivity contribution is -0.132. The molecule has 1 aromatic heterocycles. The third-order valence-electron chi connectivity index (χ3n) is 5.46. The minimum atomic E-state index is -0.322. The van der Waals surface area contributed by atoms with Gasteiger partial charge >= 0.3 is 0 Å². The number of aryl methyl sites for hydroxylation is 1. The van der Waals surface area contributed by atoms with Gasteiger partial charge in [-0.1, -0.05) is 36.4 Å². The molecule has 0 unspecified atom stereocenters. The van der Waals surface area contributed by atoms with Crippen LogP contribution >= 0.6 is 0 Å². The predicted molar refractivity (Wildman–Crippen MR) is 109 cm³/mol. The summed E-state index contributed by atoms with van der Waals surface area (Å²) in [5.74, 6) is -0.158. The van der Waals surface area contributed by atoms with Crippen LogP contribution in [0, 0.1) is 0 Å². The van der Waals surface area contributed by atoms with E-state index in [1.54, 1.807) is 6.20 Å². The Morgan fingerprint density at radius 2 is 1.89 bits per heavy atom. The molecule has 4 rings (SSSR count). The SMILES string of the molecule is NC(=O)Cc1cccc2c1CCN(C(=O)CCc1cccc3cnccc13)C2. The van der Waals surface area contributed by atoms with E-state index in [0.717, 1.165) is 28.3 Å². The van der Waals surface area contributed by atoms with Crippen molar-refractivity contribution in [3.05, 3.63) is 77.1 Å². The molecule has 142 valence electrons. The minimum Gasteiger partial charge on any atom is -0.369 e. The average molecular weight is 373 g/mol. The van der Waals surface area contributed by atoms with Gasteiger partial charge in [0, 0.05) is 37.3 Å². The second-order valence-corrected chi connectivity index (χ2v) is 7.28. The van der Waals surface area contributed by atoms with E-state index in [1.807, 2.05) is 47.5 Å². The highest BCUT2D eigenvalue weighted by atomic mass is 16.2. The molecule has 0 atom stereocenters. The molecule has 3 aromatic rings. The zero-order chi connectivity index (χ0) is 19.5. The Bertz CT molecular complexity index is 1040. The van der Waals surface area contributed by atoms with Crippen molar-refractivity contribution < 1.29 is 9.59 Å². The van der Waals surface area contributed by atoms with Crippen molar-refractivity contribution in [3.63, 3.8) is 0 Å². The summed E-state index contributed by atoms with van der Waals surface area (Å²) in [6, 6.07) is 14.1. The number of nitrogens with zero attached hydrogens (tertiary/aromatic N) is 2. The van der Waals surface area contributed by atoms with Crippen LogP contribution in [0.1, 0.15) is 28.7 Å². The smallest absolute Gasteiger partial charge is 0.223 e. The summed E-state index contributed by atoms with van der Waals surface area (Å²) in [6.07, 6.45) is 5.87. The van der Waals surface area contributed by atoms with E-state index >= 15 is 0 Å². The Morgan fingerprint density at radius 3 is 2.75 bits per heavy atom. The van der Waals surface area contributed by atoms with E-state index in [-0.39, 0.29) is 18.2 Å². The van der Waals surface area contributed by atoms with Crippen molar-refractivity contribution in [1.82, 2.24) is 9.88 Å². The third kappa shape index (κ3) is 3.74. The number of amides is 2. The molecule has 5 heteroatoms. The van der Waals surface area contributed by atoms with E-state index in [9.17, 15) is 9.59 Å². The number of benzene rings is 2. The monoisotopic (exact) mass is 373 g/mol. The Kier molecular flexibility index (Phi) is 5.06. The van der Waals surface area contributed by atoms with Gasteiger partial charge in [0.25, 0.3) is 0 Å². The molecule has 1 aliphatic heterocycles. The van der Waals surface area contributed by atoms with Gasteiger partial charge in [0.15, 0.2) is 0 Å². The summed E-state index contributed by atoms with van der Waals surface area (Å²) in [6.45, 7) is 1.28. The second kappa shape index (κ2) is 7.80. The van der Waals surface area contributed by atoms with Crippen molar-refractivity contribution in [2.45, 2.75) is 32.2 Å². The molecule has 2 heterocycles. The maximum Gasteiger partial charge on any atom is 0.223 e. The van der Waals surface area contributed by atoms with Gasteiger partial charge in [0.2, 0.25) is 11.8 Å². The first kappa shape index (κ1) is 18.2. The minimum absolute atomic E-state index is 0.164. The number of fused-ring (bicyclic) bond motifs is 2. The largest absolute Gasteiger partial charge is 0.369 e. The highest BCUT2D eigenvalue weighted by molar-refractivity contribution is 5.85. The van der Waals surface area contributed by atoms with Crippen LogP contribution in [0.25, 0.3) is 10.8 Å². The zero-order valence-corrected chi connectivity index (χ0v) is 15.7. The van der Waals surface area contributed by atoms with Gasteiger partial charge in [-0.05, 0) is 46.5 Å². The lowest BCUT2D eigenvalue weighted by Gasteiger charge is -2.30. The van der Waals surface area contributed by atoms with Gasteiger partial charge < -0.3 is 10.6 Å².